The van der Waals surface area contributed by atoms with Gasteiger partial charge in [-0.25, -0.2) is 4.39 Å². The number of nitrogens with two attached hydrogens (primary N) is 1. The highest BCUT2D eigenvalue weighted by molar-refractivity contribution is 6.30. The summed E-state index contributed by atoms with van der Waals surface area (Å²) in [6.45, 7) is 0. The first-order valence-corrected chi connectivity index (χ1v) is 6.06. The molecule has 0 bridgehead atoms. The second kappa shape index (κ2) is 5.76. The zero-order valence-corrected chi connectivity index (χ0v) is 11.2. The van der Waals surface area contributed by atoms with E-state index < -0.39 is 16.6 Å². The van der Waals surface area contributed by atoms with Gasteiger partial charge in [0.1, 0.15) is 11.5 Å². The Kier molecular flexibility index (Phi) is 4.04. The van der Waals surface area contributed by atoms with Crippen LogP contribution in [0, 0.1) is 15.9 Å². The molecule has 2 aromatic carbocycles. The van der Waals surface area contributed by atoms with Crippen LogP contribution in [0.3, 0.4) is 0 Å². The molecule has 1 amide bonds. The van der Waals surface area contributed by atoms with Crippen molar-refractivity contribution in [2.45, 2.75) is 0 Å². The Hall–Kier alpha value is -2.67. The minimum absolute atomic E-state index is 0.0543. The first kappa shape index (κ1) is 14.7. The molecule has 0 saturated carbocycles. The molecule has 6 nitrogen and oxygen atoms in total. The molecule has 2 rings (SSSR count). The van der Waals surface area contributed by atoms with E-state index in [1.165, 1.54) is 18.2 Å². The van der Waals surface area contributed by atoms with Crippen LogP contribution in [0.15, 0.2) is 36.4 Å². The summed E-state index contributed by atoms with van der Waals surface area (Å²) in [7, 11) is 0. The van der Waals surface area contributed by atoms with Gasteiger partial charge >= 0.3 is 0 Å². The summed E-state index contributed by atoms with van der Waals surface area (Å²) in [5.74, 6) is -1.33. The number of amides is 1. The van der Waals surface area contributed by atoms with Crippen LogP contribution in [-0.2, 0) is 0 Å². The Morgan fingerprint density at radius 3 is 2.57 bits per heavy atom. The van der Waals surface area contributed by atoms with E-state index >= 15 is 0 Å². The average Bonchev–Trinajstić information content (AvgIpc) is 2.41. The fraction of sp³-hybridized carbons (Fsp3) is 0. The molecule has 21 heavy (non-hydrogen) atoms. The molecule has 0 atom stereocenters. The van der Waals surface area contributed by atoms with Gasteiger partial charge in [0.15, 0.2) is 0 Å². The van der Waals surface area contributed by atoms with Crippen molar-refractivity contribution in [1.82, 2.24) is 0 Å². The number of nitrogen functional groups attached to an aromatic ring is 1. The van der Waals surface area contributed by atoms with E-state index in [1.807, 2.05) is 0 Å². The highest BCUT2D eigenvalue weighted by atomic mass is 35.5. The highest BCUT2D eigenvalue weighted by Gasteiger charge is 2.15. The number of anilines is 2. The van der Waals surface area contributed by atoms with E-state index in [-0.39, 0.29) is 27.6 Å². The Bertz CT molecular complexity index is 737. The van der Waals surface area contributed by atoms with Gasteiger partial charge in [0.25, 0.3) is 11.6 Å². The number of halogens is 2. The van der Waals surface area contributed by atoms with Crippen molar-refractivity contribution in [3.8, 4) is 0 Å². The molecule has 0 aliphatic carbocycles. The van der Waals surface area contributed by atoms with Crippen LogP contribution in [0.1, 0.15) is 10.4 Å². The average molecular weight is 310 g/mol. The third-order valence-electron chi connectivity index (χ3n) is 2.67. The molecule has 8 heteroatoms. The minimum atomic E-state index is -0.689. The number of hydrogen-bond acceptors (Lipinski definition) is 4. The van der Waals surface area contributed by atoms with Crippen LogP contribution < -0.4 is 11.1 Å². The summed E-state index contributed by atoms with van der Waals surface area (Å²) in [6, 6.07) is 7.29. The van der Waals surface area contributed by atoms with E-state index in [2.05, 4.69) is 5.32 Å². The summed E-state index contributed by atoms with van der Waals surface area (Å²) < 4.78 is 13.6. The maximum atomic E-state index is 13.6. The van der Waals surface area contributed by atoms with Crippen molar-refractivity contribution in [2.24, 2.45) is 0 Å². The number of nitrogens with one attached hydrogen (secondary N) is 1. The number of nitro groups is 1. The van der Waals surface area contributed by atoms with Crippen molar-refractivity contribution in [3.05, 3.63) is 62.9 Å². The van der Waals surface area contributed by atoms with E-state index in [9.17, 15) is 19.3 Å². The lowest BCUT2D eigenvalue weighted by Crippen LogP contribution is -2.13. The van der Waals surface area contributed by atoms with Crippen molar-refractivity contribution >= 4 is 34.6 Å². The van der Waals surface area contributed by atoms with Gasteiger partial charge in [-0.05, 0) is 30.3 Å². The van der Waals surface area contributed by atoms with Gasteiger partial charge in [-0.2, -0.15) is 0 Å². The predicted molar refractivity (Wildman–Crippen MR) is 76.9 cm³/mol. The number of carbonyl (C=O) groups is 1. The second-order valence-corrected chi connectivity index (χ2v) is 4.55. The van der Waals surface area contributed by atoms with Crippen molar-refractivity contribution in [2.75, 3.05) is 11.1 Å². The molecular weight excluding hydrogens is 301 g/mol. The molecule has 3 N–H and O–H groups in total. The molecule has 0 fully saturated rings. The summed E-state index contributed by atoms with van der Waals surface area (Å²) in [4.78, 5) is 21.9. The van der Waals surface area contributed by atoms with Crippen molar-refractivity contribution in [1.29, 1.82) is 0 Å². The van der Waals surface area contributed by atoms with Gasteiger partial charge in [0.05, 0.1) is 10.6 Å². The Labute approximate surface area is 123 Å². The SMILES string of the molecule is Nc1cc(C(=O)Nc2ccc(Cl)cc2F)ccc1[N+](=O)[O-]. The number of nitro benzene ring substituents is 1. The van der Waals surface area contributed by atoms with Gasteiger partial charge in [-0.3, -0.25) is 14.9 Å². The lowest BCUT2D eigenvalue weighted by Gasteiger charge is -2.07. The van der Waals surface area contributed by atoms with Crippen LogP contribution in [0.25, 0.3) is 0 Å². The van der Waals surface area contributed by atoms with Crippen LogP contribution in [0.4, 0.5) is 21.5 Å². The van der Waals surface area contributed by atoms with Crippen LogP contribution >= 0.6 is 11.6 Å². The van der Waals surface area contributed by atoms with Crippen molar-refractivity contribution in [3.63, 3.8) is 0 Å². The molecule has 0 aliphatic heterocycles. The summed E-state index contributed by atoms with van der Waals surface area (Å²) in [5.41, 5.74) is 5.06. The third-order valence-corrected chi connectivity index (χ3v) is 2.90. The van der Waals surface area contributed by atoms with Gasteiger partial charge < -0.3 is 11.1 Å². The largest absolute Gasteiger partial charge is 0.393 e. The number of nitrogens with zero attached hydrogens (tertiary/aromatic N) is 1. The summed E-state index contributed by atoms with van der Waals surface area (Å²) >= 11 is 5.61. The van der Waals surface area contributed by atoms with Gasteiger partial charge in [0, 0.05) is 16.7 Å². The molecule has 0 aromatic heterocycles. The zero-order chi connectivity index (χ0) is 15.6. The fourth-order valence-electron chi connectivity index (χ4n) is 1.65. The molecular formula is C13H9ClFN3O3. The minimum Gasteiger partial charge on any atom is -0.393 e. The number of benzene rings is 2. The maximum Gasteiger partial charge on any atom is 0.292 e. The number of hydrogen-bond donors (Lipinski definition) is 2. The molecule has 0 saturated heterocycles. The molecule has 0 spiro atoms. The van der Waals surface area contributed by atoms with E-state index in [1.54, 1.807) is 0 Å². The third kappa shape index (κ3) is 3.26. The molecule has 0 unspecified atom stereocenters. The number of rotatable bonds is 3. The van der Waals surface area contributed by atoms with Crippen LogP contribution in [0.5, 0.6) is 0 Å². The summed E-state index contributed by atoms with van der Waals surface area (Å²) in [6.07, 6.45) is 0. The molecule has 108 valence electrons. The molecule has 0 heterocycles. The smallest absolute Gasteiger partial charge is 0.292 e. The van der Waals surface area contributed by atoms with Gasteiger partial charge in [0.2, 0.25) is 0 Å². The topological polar surface area (TPSA) is 98.3 Å². The summed E-state index contributed by atoms with van der Waals surface area (Å²) in [5, 5.41) is 13.2. The first-order chi connectivity index (χ1) is 9.88. The molecule has 0 aliphatic rings. The van der Waals surface area contributed by atoms with Gasteiger partial charge in [-0.1, -0.05) is 11.6 Å². The van der Waals surface area contributed by atoms with Gasteiger partial charge in [-0.15, -0.1) is 0 Å². The quantitative estimate of drug-likeness (QED) is 0.516. The monoisotopic (exact) mass is 309 g/mol. The van der Waals surface area contributed by atoms with E-state index in [0.717, 1.165) is 18.2 Å². The second-order valence-electron chi connectivity index (χ2n) is 4.11. The maximum absolute atomic E-state index is 13.6. The Morgan fingerprint density at radius 1 is 1.29 bits per heavy atom. The number of carbonyl (C=O) groups excluding carboxylic acids is 1. The molecule has 0 radical (unpaired) electrons. The normalized spacial score (nSPS) is 10.2. The first-order valence-electron chi connectivity index (χ1n) is 5.69. The zero-order valence-electron chi connectivity index (χ0n) is 10.5. The lowest BCUT2D eigenvalue weighted by atomic mass is 10.1. The van der Waals surface area contributed by atoms with E-state index in [0.29, 0.717) is 0 Å². The van der Waals surface area contributed by atoms with E-state index in [4.69, 9.17) is 17.3 Å². The fourth-order valence-corrected chi connectivity index (χ4v) is 1.81. The lowest BCUT2D eigenvalue weighted by molar-refractivity contribution is -0.383. The predicted octanol–water partition coefficient (Wildman–Crippen LogP) is 3.22. The van der Waals surface area contributed by atoms with Crippen LogP contribution in [0.2, 0.25) is 5.02 Å². The standard InChI is InChI=1S/C13H9ClFN3O3/c14-8-2-3-11(9(15)6-8)17-13(19)7-1-4-12(18(20)21)10(16)5-7/h1-6H,16H2,(H,17,19). The highest BCUT2D eigenvalue weighted by Crippen LogP contribution is 2.23. The van der Waals surface area contributed by atoms with Crippen molar-refractivity contribution < 1.29 is 14.1 Å². The molecule has 2 aromatic rings. The Morgan fingerprint density at radius 2 is 2.00 bits per heavy atom. The van der Waals surface area contributed by atoms with Crippen LogP contribution in [-0.4, -0.2) is 10.8 Å². The Balaban J connectivity index is 2.24.